The van der Waals surface area contributed by atoms with E-state index in [1.165, 1.54) is 5.69 Å². The van der Waals surface area contributed by atoms with Gasteiger partial charge in [0.2, 0.25) is 0 Å². The molecule has 2 aromatic heterocycles. The lowest BCUT2D eigenvalue weighted by molar-refractivity contribution is 0.566. The highest BCUT2D eigenvalue weighted by molar-refractivity contribution is 7.15. The van der Waals surface area contributed by atoms with E-state index in [1.54, 1.807) is 11.3 Å². The minimum Gasteiger partial charge on any atom is -0.328 e. The van der Waals surface area contributed by atoms with Crippen molar-refractivity contribution in [2.45, 2.75) is 38.6 Å². The van der Waals surface area contributed by atoms with E-state index in [0.717, 1.165) is 30.6 Å². The third-order valence-electron chi connectivity index (χ3n) is 2.68. The van der Waals surface area contributed by atoms with Crippen molar-refractivity contribution < 1.29 is 0 Å². The number of aromatic nitrogens is 2. The third-order valence-corrected chi connectivity index (χ3v) is 3.45. The van der Waals surface area contributed by atoms with Crippen LogP contribution in [0.4, 0.5) is 0 Å². The molecule has 2 aromatic rings. The van der Waals surface area contributed by atoms with Crippen molar-refractivity contribution in [3.8, 4) is 0 Å². The fourth-order valence-electron chi connectivity index (χ4n) is 1.65. The molecule has 1 atom stereocenters. The Hall–Kier alpha value is -0.870. The minimum atomic E-state index is 0.355. The molecule has 0 aromatic carbocycles. The van der Waals surface area contributed by atoms with Crippen LogP contribution in [0.2, 0.25) is 0 Å². The zero-order chi connectivity index (χ0) is 10.7. The minimum absolute atomic E-state index is 0.355. The molecule has 0 aliphatic heterocycles. The van der Waals surface area contributed by atoms with Crippen molar-refractivity contribution in [2.75, 3.05) is 0 Å². The fourth-order valence-corrected chi connectivity index (χ4v) is 2.36. The molecule has 0 saturated heterocycles. The van der Waals surface area contributed by atoms with E-state index in [4.69, 9.17) is 5.73 Å². The van der Waals surface area contributed by atoms with E-state index in [-0.39, 0.29) is 0 Å². The Labute approximate surface area is 93.9 Å². The van der Waals surface area contributed by atoms with Crippen LogP contribution in [0, 0.1) is 0 Å². The predicted molar refractivity (Wildman–Crippen MR) is 64.3 cm³/mol. The Morgan fingerprint density at radius 2 is 2.47 bits per heavy atom. The molecular formula is C11H17N3S. The van der Waals surface area contributed by atoms with E-state index in [1.807, 2.05) is 6.20 Å². The van der Waals surface area contributed by atoms with Gasteiger partial charge in [0.1, 0.15) is 0 Å². The average Bonchev–Trinajstić information content (AvgIpc) is 2.77. The molecule has 15 heavy (non-hydrogen) atoms. The summed E-state index contributed by atoms with van der Waals surface area (Å²) >= 11 is 1.68. The lowest BCUT2D eigenvalue weighted by Crippen LogP contribution is -2.18. The summed E-state index contributed by atoms with van der Waals surface area (Å²) in [7, 11) is 0. The number of thiazole rings is 1. The maximum absolute atomic E-state index is 5.87. The molecule has 3 nitrogen and oxygen atoms in total. The molecule has 0 radical (unpaired) electrons. The monoisotopic (exact) mass is 223 g/mol. The van der Waals surface area contributed by atoms with Gasteiger partial charge in [-0.2, -0.15) is 0 Å². The van der Waals surface area contributed by atoms with Gasteiger partial charge in [0.15, 0.2) is 4.96 Å². The molecule has 0 amide bonds. The Bertz CT molecular complexity index is 390. The lowest BCUT2D eigenvalue weighted by atomic mass is 10.1. The Kier molecular flexibility index (Phi) is 3.38. The SMILES string of the molecule is CCC(N)CCCc1cn2ccsc2n1. The Morgan fingerprint density at radius 1 is 1.60 bits per heavy atom. The standard InChI is InChI=1S/C11H17N3S/c1-2-9(12)4-3-5-10-8-14-6-7-15-11(14)13-10/h6-9H,2-5,12H2,1H3. The Balaban J connectivity index is 1.87. The molecule has 0 fully saturated rings. The third kappa shape index (κ3) is 2.58. The van der Waals surface area contributed by atoms with Crippen LogP contribution in [0.25, 0.3) is 4.96 Å². The van der Waals surface area contributed by atoms with Crippen LogP contribution in [0.5, 0.6) is 0 Å². The Morgan fingerprint density at radius 3 is 3.20 bits per heavy atom. The molecular weight excluding hydrogens is 206 g/mol. The van der Waals surface area contributed by atoms with Crippen molar-refractivity contribution in [3.63, 3.8) is 0 Å². The lowest BCUT2D eigenvalue weighted by Gasteiger charge is -2.06. The highest BCUT2D eigenvalue weighted by Gasteiger charge is 2.03. The first-order chi connectivity index (χ1) is 7.29. The molecule has 0 bridgehead atoms. The van der Waals surface area contributed by atoms with Gasteiger partial charge in [-0.1, -0.05) is 6.92 Å². The highest BCUT2D eigenvalue weighted by atomic mass is 32.1. The van der Waals surface area contributed by atoms with Gasteiger partial charge in [-0.15, -0.1) is 11.3 Å². The van der Waals surface area contributed by atoms with E-state index in [2.05, 4.69) is 27.9 Å². The van der Waals surface area contributed by atoms with Crippen molar-refractivity contribution in [3.05, 3.63) is 23.5 Å². The first-order valence-corrected chi connectivity index (χ1v) is 6.34. The number of nitrogens with zero attached hydrogens (tertiary/aromatic N) is 2. The average molecular weight is 223 g/mol. The zero-order valence-corrected chi connectivity index (χ0v) is 9.83. The number of rotatable bonds is 5. The van der Waals surface area contributed by atoms with Crippen LogP contribution in [-0.2, 0) is 6.42 Å². The number of imidazole rings is 1. The molecule has 4 heteroatoms. The van der Waals surface area contributed by atoms with Crippen LogP contribution in [0.1, 0.15) is 31.9 Å². The van der Waals surface area contributed by atoms with E-state index in [0.29, 0.717) is 6.04 Å². The normalized spacial score (nSPS) is 13.5. The molecule has 82 valence electrons. The maximum Gasteiger partial charge on any atom is 0.193 e. The molecule has 2 heterocycles. The summed E-state index contributed by atoms with van der Waals surface area (Å²) in [6.45, 7) is 2.14. The summed E-state index contributed by atoms with van der Waals surface area (Å²) in [6, 6.07) is 0.355. The molecule has 0 aliphatic carbocycles. The number of hydrogen-bond acceptors (Lipinski definition) is 3. The summed E-state index contributed by atoms with van der Waals surface area (Å²) in [5, 5.41) is 2.05. The zero-order valence-electron chi connectivity index (χ0n) is 9.02. The number of fused-ring (bicyclic) bond motifs is 1. The predicted octanol–water partition coefficient (Wildman–Crippen LogP) is 2.46. The summed E-state index contributed by atoms with van der Waals surface area (Å²) in [6.07, 6.45) is 8.51. The maximum atomic E-state index is 5.87. The van der Waals surface area contributed by atoms with Crippen LogP contribution in [-0.4, -0.2) is 15.4 Å². The summed E-state index contributed by atoms with van der Waals surface area (Å²) < 4.78 is 2.08. The largest absolute Gasteiger partial charge is 0.328 e. The summed E-state index contributed by atoms with van der Waals surface area (Å²) in [5.74, 6) is 0. The van der Waals surface area contributed by atoms with Crippen LogP contribution in [0.3, 0.4) is 0 Å². The molecule has 2 N–H and O–H groups in total. The van der Waals surface area contributed by atoms with Crippen LogP contribution in [0.15, 0.2) is 17.8 Å². The van der Waals surface area contributed by atoms with Gasteiger partial charge in [0, 0.05) is 23.8 Å². The molecule has 2 rings (SSSR count). The topological polar surface area (TPSA) is 43.3 Å². The fraction of sp³-hybridized carbons (Fsp3) is 0.545. The molecule has 0 spiro atoms. The number of nitrogens with two attached hydrogens (primary N) is 1. The number of hydrogen-bond donors (Lipinski definition) is 1. The van der Waals surface area contributed by atoms with Crippen molar-refractivity contribution >= 4 is 16.3 Å². The van der Waals surface area contributed by atoms with Gasteiger partial charge in [0.05, 0.1) is 5.69 Å². The van der Waals surface area contributed by atoms with Gasteiger partial charge in [0.25, 0.3) is 0 Å². The van der Waals surface area contributed by atoms with Gasteiger partial charge in [-0.3, -0.25) is 4.40 Å². The first kappa shape index (κ1) is 10.6. The van der Waals surface area contributed by atoms with Crippen molar-refractivity contribution in [1.82, 2.24) is 9.38 Å². The molecule has 0 aliphatic rings. The molecule has 1 unspecified atom stereocenters. The van der Waals surface area contributed by atoms with E-state index < -0.39 is 0 Å². The van der Waals surface area contributed by atoms with E-state index >= 15 is 0 Å². The summed E-state index contributed by atoms with van der Waals surface area (Å²) in [5.41, 5.74) is 7.05. The smallest absolute Gasteiger partial charge is 0.193 e. The molecule has 0 saturated carbocycles. The second-order valence-corrected chi connectivity index (χ2v) is 4.76. The first-order valence-electron chi connectivity index (χ1n) is 5.46. The van der Waals surface area contributed by atoms with Gasteiger partial charge < -0.3 is 5.73 Å². The van der Waals surface area contributed by atoms with Gasteiger partial charge in [-0.25, -0.2) is 4.98 Å². The number of aryl methyl sites for hydroxylation is 1. The second-order valence-electron chi connectivity index (χ2n) is 3.89. The van der Waals surface area contributed by atoms with Gasteiger partial charge >= 0.3 is 0 Å². The van der Waals surface area contributed by atoms with Crippen LogP contribution < -0.4 is 5.73 Å². The highest BCUT2D eigenvalue weighted by Crippen LogP contribution is 2.13. The van der Waals surface area contributed by atoms with Gasteiger partial charge in [-0.05, 0) is 25.7 Å². The quantitative estimate of drug-likeness (QED) is 0.846. The van der Waals surface area contributed by atoms with Crippen molar-refractivity contribution in [1.29, 1.82) is 0 Å². The van der Waals surface area contributed by atoms with Crippen LogP contribution >= 0.6 is 11.3 Å². The van der Waals surface area contributed by atoms with E-state index in [9.17, 15) is 0 Å². The second kappa shape index (κ2) is 4.77. The summed E-state index contributed by atoms with van der Waals surface area (Å²) in [4.78, 5) is 5.62. The van der Waals surface area contributed by atoms with Crippen molar-refractivity contribution in [2.24, 2.45) is 5.73 Å².